The normalized spacial score (nSPS) is 16.1. The second-order valence-electron chi connectivity index (χ2n) is 5.75. The standard InChI is InChI=1S/C19H16FN3O2S/c1-2-25-15-9-5-13(6-10-15)17-21-19-23(22-17)18(24)16(26-19)11-12-3-7-14(20)8-4-12/h3-11,17,22H,2H2,1H3/b16-11-/t17-/m1/s1. The van der Waals surface area contributed by atoms with E-state index in [1.54, 1.807) is 18.2 Å². The topological polar surface area (TPSA) is 55.6 Å². The van der Waals surface area contributed by atoms with Crippen molar-refractivity contribution in [3.63, 3.8) is 0 Å². The molecule has 0 fully saturated rings. The van der Waals surface area contributed by atoms with Gasteiger partial charge in [0.25, 0.3) is 5.56 Å². The van der Waals surface area contributed by atoms with Gasteiger partial charge in [-0.25, -0.2) is 9.38 Å². The van der Waals surface area contributed by atoms with Gasteiger partial charge in [0, 0.05) is 0 Å². The van der Waals surface area contributed by atoms with E-state index >= 15 is 0 Å². The Morgan fingerprint density at radius 2 is 1.96 bits per heavy atom. The number of fused-ring (bicyclic) bond motifs is 1. The Labute approximate surface area is 152 Å². The first-order chi connectivity index (χ1) is 12.6. The van der Waals surface area contributed by atoms with Crippen LogP contribution in [0.15, 0.2) is 58.3 Å². The Balaban J connectivity index is 1.64. The van der Waals surface area contributed by atoms with Crippen molar-refractivity contribution in [3.8, 4) is 5.75 Å². The summed E-state index contributed by atoms with van der Waals surface area (Å²) in [6.45, 7) is 2.55. The molecule has 1 aromatic heterocycles. The van der Waals surface area contributed by atoms with E-state index in [4.69, 9.17) is 4.74 Å². The summed E-state index contributed by atoms with van der Waals surface area (Å²) in [4.78, 5) is 17.8. The van der Waals surface area contributed by atoms with E-state index in [-0.39, 0.29) is 17.5 Å². The Morgan fingerprint density at radius 3 is 2.62 bits per heavy atom. The van der Waals surface area contributed by atoms with Gasteiger partial charge < -0.3 is 4.74 Å². The van der Waals surface area contributed by atoms with Gasteiger partial charge in [0.1, 0.15) is 11.6 Å². The van der Waals surface area contributed by atoms with Crippen LogP contribution in [0, 0.1) is 5.82 Å². The summed E-state index contributed by atoms with van der Waals surface area (Å²) in [6.07, 6.45) is 1.44. The number of rotatable bonds is 4. The van der Waals surface area contributed by atoms with E-state index < -0.39 is 0 Å². The van der Waals surface area contributed by atoms with Crippen LogP contribution in [0.2, 0.25) is 0 Å². The molecule has 4 rings (SSSR count). The Morgan fingerprint density at radius 1 is 1.23 bits per heavy atom. The summed E-state index contributed by atoms with van der Waals surface area (Å²) in [5.41, 5.74) is 4.67. The van der Waals surface area contributed by atoms with Crippen LogP contribution >= 0.6 is 11.3 Å². The molecule has 1 N–H and O–H groups in total. The maximum Gasteiger partial charge on any atom is 0.288 e. The molecule has 1 aliphatic rings. The molecule has 0 radical (unpaired) electrons. The SMILES string of the molecule is CCOc1ccc([C@@H]2N=c3s/c(=C\c4ccc(F)cc4)c(=O)n3N2)cc1. The quantitative estimate of drug-likeness (QED) is 0.767. The van der Waals surface area contributed by atoms with E-state index in [2.05, 4.69) is 10.4 Å². The fourth-order valence-electron chi connectivity index (χ4n) is 2.71. The molecule has 26 heavy (non-hydrogen) atoms. The van der Waals surface area contributed by atoms with Crippen molar-refractivity contribution in [2.24, 2.45) is 4.99 Å². The summed E-state index contributed by atoms with van der Waals surface area (Å²) in [7, 11) is 0. The van der Waals surface area contributed by atoms with Gasteiger partial charge in [0.2, 0.25) is 4.80 Å². The third-order valence-corrected chi connectivity index (χ3v) is 4.95. The second-order valence-corrected chi connectivity index (χ2v) is 6.76. The van der Waals surface area contributed by atoms with Crippen LogP contribution in [-0.4, -0.2) is 11.3 Å². The number of hydrogen-bond acceptors (Lipinski definition) is 5. The van der Waals surface area contributed by atoms with Gasteiger partial charge in [-0.3, -0.25) is 10.2 Å². The van der Waals surface area contributed by atoms with Gasteiger partial charge in [-0.15, -0.1) is 0 Å². The molecule has 0 spiro atoms. The van der Waals surface area contributed by atoms with Gasteiger partial charge in [0.15, 0.2) is 6.17 Å². The van der Waals surface area contributed by atoms with Crippen molar-refractivity contribution in [1.29, 1.82) is 0 Å². The number of aromatic nitrogens is 1. The monoisotopic (exact) mass is 369 g/mol. The summed E-state index contributed by atoms with van der Waals surface area (Å²) < 4.78 is 20.4. The van der Waals surface area contributed by atoms with Gasteiger partial charge in [-0.05, 0) is 48.4 Å². The molecule has 7 heteroatoms. The first-order valence-electron chi connectivity index (χ1n) is 8.20. The fourth-order valence-corrected chi connectivity index (χ4v) is 3.66. The lowest BCUT2D eigenvalue weighted by Gasteiger charge is -2.10. The molecular formula is C19H16FN3O2S. The lowest BCUT2D eigenvalue weighted by Crippen LogP contribution is -2.35. The van der Waals surface area contributed by atoms with Crippen molar-refractivity contribution in [1.82, 2.24) is 4.68 Å². The van der Waals surface area contributed by atoms with Crippen molar-refractivity contribution in [3.05, 3.63) is 85.2 Å². The number of ether oxygens (including phenoxy) is 1. The molecule has 0 saturated carbocycles. The van der Waals surface area contributed by atoms with Crippen molar-refractivity contribution in [2.75, 3.05) is 12.0 Å². The largest absolute Gasteiger partial charge is 0.494 e. The zero-order valence-corrected chi connectivity index (χ0v) is 14.8. The average molecular weight is 369 g/mol. The molecule has 0 bridgehead atoms. The van der Waals surface area contributed by atoms with Gasteiger partial charge >= 0.3 is 0 Å². The third kappa shape index (κ3) is 3.13. The molecule has 0 amide bonds. The number of nitrogens with one attached hydrogen (secondary N) is 1. The highest BCUT2D eigenvalue weighted by Crippen LogP contribution is 2.20. The lowest BCUT2D eigenvalue weighted by atomic mass is 10.2. The van der Waals surface area contributed by atoms with E-state index in [0.717, 1.165) is 16.9 Å². The molecule has 2 heterocycles. The number of benzene rings is 2. The Bertz CT molecular complexity index is 1100. The molecule has 1 atom stereocenters. The number of hydrogen-bond donors (Lipinski definition) is 1. The fraction of sp³-hybridized carbons (Fsp3) is 0.158. The van der Waals surface area contributed by atoms with Crippen molar-refractivity contribution >= 4 is 17.4 Å². The smallest absolute Gasteiger partial charge is 0.288 e. The summed E-state index contributed by atoms with van der Waals surface area (Å²) in [5.74, 6) is 0.500. The molecular weight excluding hydrogens is 353 g/mol. The molecule has 0 unspecified atom stereocenters. The highest BCUT2D eigenvalue weighted by molar-refractivity contribution is 7.07. The van der Waals surface area contributed by atoms with Gasteiger partial charge in [-0.1, -0.05) is 35.6 Å². The summed E-state index contributed by atoms with van der Waals surface area (Å²) in [5, 5.41) is 0. The number of nitrogens with zero attached hydrogens (tertiary/aromatic N) is 2. The Hall–Kier alpha value is -2.93. The van der Waals surface area contributed by atoms with Crippen LogP contribution in [-0.2, 0) is 0 Å². The van der Waals surface area contributed by atoms with Crippen LogP contribution < -0.4 is 25.1 Å². The molecule has 5 nitrogen and oxygen atoms in total. The van der Waals surface area contributed by atoms with E-state index in [9.17, 15) is 9.18 Å². The van der Waals surface area contributed by atoms with Crippen LogP contribution in [0.25, 0.3) is 6.08 Å². The second kappa shape index (κ2) is 6.76. The minimum absolute atomic E-state index is 0.161. The van der Waals surface area contributed by atoms with E-state index in [1.807, 2.05) is 31.2 Å². The Kier molecular flexibility index (Phi) is 4.30. The first-order valence-corrected chi connectivity index (χ1v) is 9.02. The number of thiazole rings is 1. The maximum atomic E-state index is 13.0. The molecule has 0 aliphatic carbocycles. The minimum atomic E-state index is -0.303. The van der Waals surface area contributed by atoms with Crippen molar-refractivity contribution in [2.45, 2.75) is 13.1 Å². The highest BCUT2D eigenvalue weighted by atomic mass is 32.1. The highest BCUT2D eigenvalue weighted by Gasteiger charge is 2.19. The predicted molar refractivity (Wildman–Crippen MR) is 99.0 cm³/mol. The van der Waals surface area contributed by atoms with Crippen molar-refractivity contribution < 1.29 is 9.13 Å². The molecule has 1 aliphatic heterocycles. The van der Waals surface area contributed by atoms with Crippen LogP contribution in [0.3, 0.4) is 0 Å². The maximum absolute atomic E-state index is 13.0. The van der Waals surface area contributed by atoms with Crippen LogP contribution in [0.4, 0.5) is 4.39 Å². The molecule has 2 aromatic carbocycles. The first kappa shape index (κ1) is 16.5. The predicted octanol–water partition coefficient (Wildman–Crippen LogP) is 2.15. The average Bonchev–Trinajstić information content (AvgIpc) is 3.18. The zero-order chi connectivity index (χ0) is 18.1. The lowest BCUT2D eigenvalue weighted by molar-refractivity contribution is 0.340. The molecule has 132 valence electrons. The molecule has 3 aromatic rings. The van der Waals surface area contributed by atoms with Crippen LogP contribution in [0.1, 0.15) is 24.2 Å². The van der Waals surface area contributed by atoms with E-state index in [0.29, 0.717) is 15.9 Å². The van der Waals surface area contributed by atoms with Gasteiger partial charge in [-0.2, -0.15) is 4.68 Å². The van der Waals surface area contributed by atoms with E-state index in [1.165, 1.54) is 28.1 Å². The third-order valence-electron chi connectivity index (χ3n) is 3.97. The summed E-state index contributed by atoms with van der Waals surface area (Å²) in [6, 6.07) is 13.6. The van der Waals surface area contributed by atoms with Crippen LogP contribution in [0.5, 0.6) is 5.75 Å². The molecule has 0 saturated heterocycles. The zero-order valence-electron chi connectivity index (χ0n) is 14.0. The summed E-state index contributed by atoms with van der Waals surface area (Å²) >= 11 is 1.30. The number of halogens is 1. The van der Waals surface area contributed by atoms with Gasteiger partial charge in [0.05, 0.1) is 11.1 Å². The minimum Gasteiger partial charge on any atom is -0.494 e.